The zero-order chi connectivity index (χ0) is 27.8. The van der Waals surface area contributed by atoms with E-state index >= 15 is 0 Å². The number of pyridine rings is 1. The van der Waals surface area contributed by atoms with Gasteiger partial charge in [0.15, 0.2) is 0 Å². The Morgan fingerprint density at radius 1 is 1.16 bits per heavy atom. The van der Waals surface area contributed by atoms with Gasteiger partial charge in [0.2, 0.25) is 0 Å². The Balaban J connectivity index is 1.71. The summed E-state index contributed by atoms with van der Waals surface area (Å²) in [6.07, 6.45) is 0.0433. The van der Waals surface area contributed by atoms with Gasteiger partial charge in [-0.1, -0.05) is 45.7 Å². The number of rotatable bonds is 8. The lowest BCUT2D eigenvalue weighted by Gasteiger charge is -2.23. The van der Waals surface area contributed by atoms with Gasteiger partial charge in [-0.25, -0.2) is 4.98 Å². The van der Waals surface area contributed by atoms with E-state index in [-0.39, 0.29) is 41.8 Å². The monoisotopic (exact) mass is 615 g/mol. The third-order valence-electron chi connectivity index (χ3n) is 6.57. The van der Waals surface area contributed by atoms with E-state index in [0.717, 1.165) is 4.90 Å². The molecule has 1 atom stereocenters. The highest BCUT2D eigenvalue weighted by Crippen LogP contribution is 2.43. The third-order valence-corrected chi connectivity index (χ3v) is 7.40. The summed E-state index contributed by atoms with van der Waals surface area (Å²) in [5.41, 5.74) is 1.20. The van der Waals surface area contributed by atoms with Crippen molar-refractivity contribution in [2.45, 2.75) is 37.5 Å². The second-order valence-electron chi connectivity index (χ2n) is 9.22. The number of aromatic nitrogens is 1. The van der Waals surface area contributed by atoms with Crippen molar-refractivity contribution < 1.29 is 32.3 Å². The molecule has 0 saturated carbocycles. The maximum absolute atomic E-state index is 14.0. The minimum Gasteiger partial charge on any atom is -0.481 e. The summed E-state index contributed by atoms with van der Waals surface area (Å²) >= 11 is 9.68. The molecule has 1 aromatic heterocycles. The van der Waals surface area contributed by atoms with Crippen LogP contribution in [0.4, 0.5) is 23.4 Å². The topological polar surface area (TPSA) is 82.5 Å². The Labute approximate surface area is 229 Å². The van der Waals surface area contributed by atoms with Gasteiger partial charge < -0.3 is 15.3 Å². The number of aliphatic carboxylic acids is 1. The van der Waals surface area contributed by atoms with Crippen LogP contribution in [0.25, 0.3) is 10.9 Å². The van der Waals surface area contributed by atoms with Gasteiger partial charge in [-0.05, 0) is 43.2 Å². The molecule has 4 rings (SSSR count). The molecule has 2 aromatic carbocycles. The smallest absolute Gasteiger partial charge is 0.329 e. The molecular weight excluding hydrogens is 594 g/mol. The normalized spacial score (nSPS) is 17.0. The zero-order valence-electron chi connectivity index (χ0n) is 20.1. The highest BCUT2D eigenvalue weighted by atomic mass is 79.9. The standard InChI is InChI=1S/C26H23BrClF4N3O3/c1-14-22(24(38)33-11-15(6-9-21(36)37)17-4-2-3-5-19(17)28)18-10-16(27)7-8-20(18)34-23(14)35-12-25(29,30)26(31,32)13-35/h2-5,7-8,10,15H,6,9,11-13H2,1H3,(H,33,38)(H,36,37). The van der Waals surface area contributed by atoms with Gasteiger partial charge in [0.25, 0.3) is 5.91 Å². The van der Waals surface area contributed by atoms with Crippen LogP contribution in [-0.4, -0.2) is 53.4 Å². The van der Waals surface area contributed by atoms with Crippen LogP contribution >= 0.6 is 27.5 Å². The minimum atomic E-state index is -4.25. The first kappa shape index (κ1) is 28.1. The van der Waals surface area contributed by atoms with Gasteiger partial charge in [0.05, 0.1) is 24.2 Å². The Kier molecular flexibility index (Phi) is 7.90. The number of nitrogens with zero attached hydrogens (tertiary/aromatic N) is 2. The van der Waals surface area contributed by atoms with E-state index in [1.807, 2.05) is 0 Å². The van der Waals surface area contributed by atoms with Crippen LogP contribution in [0, 0.1) is 6.92 Å². The van der Waals surface area contributed by atoms with Crippen molar-refractivity contribution in [3.05, 3.63) is 68.7 Å². The molecule has 202 valence electrons. The Bertz CT molecular complexity index is 1390. The summed E-state index contributed by atoms with van der Waals surface area (Å²) in [6.45, 7) is -0.966. The van der Waals surface area contributed by atoms with E-state index in [9.17, 15) is 32.3 Å². The summed E-state index contributed by atoms with van der Waals surface area (Å²) in [5.74, 6) is -10.6. The average molecular weight is 617 g/mol. The summed E-state index contributed by atoms with van der Waals surface area (Å²) in [4.78, 5) is 29.9. The Morgan fingerprint density at radius 3 is 2.45 bits per heavy atom. The fourth-order valence-corrected chi connectivity index (χ4v) is 5.26. The van der Waals surface area contributed by atoms with Gasteiger partial charge in [-0.15, -0.1) is 0 Å². The number of carboxylic acid groups (broad SMARTS) is 1. The number of amides is 1. The Morgan fingerprint density at radius 2 is 1.82 bits per heavy atom. The summed E-state index contributed by atoms with van der Waals surface area (Å²) in [5, 5.41) is 12.8. The summed E-state index contributed by atoms with van der Waals surface area (Å²) in [6, 6.07) is 11.7. The largest absolute Gasteiger partial charge is 0.481 e. The fourth-order valence-electron chi connectivity index (χ4n) is 4.61. The van der Waals surface area contributed by atoms with Crippen molar-refractivity contribution in [3.8, 4) is 0 Å². The van der Waals surface area contributed by atoms with Crippen LogP contribution in [-0.2, 0) is 4.79 Å². The lowest BCUT2D eigenvalue weighted by atomic mass is 9.93. The van der Waals surface area contributed by atoms with Gasteiger partial charge in [0.1, 0.15) is 5.82 Å². The number of fused-ring (bicyclic) bond motifs is 1. The zero-order valence-corrected chi connectivity index (χ0v) is 22.4. The van der Waals surface area contributed by atoms with E-state index in [0.29, 0.717) is 20.4 Å². The number of nitrogens with one attached hydrogen (secondary N) is 1. The molecule has 0 bridgehead atoms. The second-order valence-corrected chi connectivity index (χ2v) is 10.5. The number of hydrogen-bond acceptors (Lipinski definition) is 4. The Hall–Kier alpha value is -2.92. The lowest BCUT2D eigenvalue weighted by molar-refractivity contribution is -0.172. The molecule has 1 unspecified atom stereocenters. The molecule has 6 nitrogen and oxygen atoms in total. The first-order valence-corrected chi connectivity index (χ1v) is 12.8. The van der Waals surface area contributed by atoms with E-state index in [4.69, 9.17) is 11.6 Å². The van der Waals surface area contributed by atoms with E-state index < -0.39 is 42.7 Å². The van der Waals surface area contributed by atoms with Gasteiger partial charge in [-0.2, -0.15) is 17.6 Å². The van der Waals surface area contributed by atoms with Gasteiger partial charge in [-0.3, -0.25) is 9.59 Å². The highest BCUT2D eigenvalue weighted by molar-refractivity contribution is 9.10. The highest BCUT2D eigenvalue weighted by Gasteiger charge is 2.63. The molecule has 3 aromatic rings. The SMILES string of the molecule is Cc1c(N2CC(F)(F)C(F)(F)C2)nc2ccc(Br)cc2c1C(=O)NCC(CCC(=O)O)c1ccccc1Cl. The number of carbonyl (C=O) groups excluding carboxylic acids is 1. The van der Waals surface area contributed by atoms with Crippen molar-refractivity contribution in [2.24, 2.45) is 0 Å². The fraction of sp³-hybridized carbons (Fsp3) is 0.346. The second kappa shape index (κ2) is 10.7. The maximum atomic E-state index is 14.0. The lowest BCUT2D eigenvalue weighted by Crippen LogP contribution is -2.38. The number of carboxylic acids is 1. The van der Waals surface area contributed by atoms with Gasteiger partial charge in [0, 0.05) is 39.3 Å². The van der Waals surface area contributed by atoms with Crippen molar-refractivity contribution in [3.63, 3.8) is 0 Å². The van der Waals surface area contributed by atoms with Crippen LogP contribution < -0.4 is 10.2 Å². The molecule has 1 saturated heterocycles. The van der Waals surface area contributed by atoms with Crippen LogP contribution in [0.15, 0.2) is 46.9 Å². The molecule has 0 aliphatic carbocycles. The number of halogens is 6. The van der Waals surface area contributed by atoms with Crippen molar-refractivity contribution in [1.29, 1.82) is 0 Å². The molecule has 1 amide bonds. The molecule has 0 spiro atoms. The van der Waals surface area contributed by atoms with Crippen LogP contribution in [0.3, 0.4) is 0 Å². The van der Waals surface area contributed by atoms with Crippen molar-refractivity contribution in [2.75, 3.05) is 24.5 Å². The number of hydrogen-bond donors (Lipinski definition) is 2. The van der Waals surface area contributed by atoms with Crippen molar-refractivity contribution >= 4 is 56.1 Å². The molecule has 0 radical (unpaired) electrons. The molecule has 2 N–H and O–H groups in total. The molecule has 12 heteroatoms. The van der Waals surface area contributed by atoms with Crippen molar-refractivity contribution in [1.82, 2.24) is 10.3 Å². The number of alkyl halides is 4. The minimum absolute atomic E-state index is 0.0301. The summed E-state index contributed by atoms with van der Waals surface area (Å²) < 4.78 is 56.6. The average Bonchev–Trinajstić information content (AvgIpc) is 3.05. The predicted molar refractivity (Wildman–Crippen MR) is 140 cm³/mol. The molecule has 1 aliphatic heterocycles. The maximum Gasteiger partial charge on any atom is 0.329 e. The van der Waals surface area contributed by atoms with Crippen LogP contribution in [0.5, 0.6) is 0 Å². The predicted octanol–water partition coefficient (Wildman–Crippen LogP) is 6.43. The third kappa shape index (κ3) is 5.58. The molecule has 2 heterocycles. The van der Waals surface area contributed by atoms with Crippen LogP contribution in [0.1, 0.15) is 40.2 Å². The number of carbonyl (C=O) groups is 2. The molecule has 38 heavy (non-hydrogen) atoms. The first-order chi connectivity index (χ1) is 17.8. The molecule has 1 aliphatic rings. The molecular formula is C26H23BrClF4N3O3. The van der Waals surface area contributed by atoms with Gasteiger partial charge >= 0.3 is 17.8 Å². The summed E-state index contributed by atoms with van der Waals surface area (Å²) in [7, 11) is 0. The molecule has 1 fully saturated rings. The quantitative estimate of drug-likeness (QED) is 0.285. The first-order valence-electron chi connectivity index (χ1n) is 11.7. The van der Waals surface area contributed by atoms with Crippen LogP contribution in [0.2, 0.25) is 5.02 Å². The van der Waals surface area contributed by atoms with E-state index in [1.54, 1.807) is 42.5 Å². The van der Waals surface area contributed by atoms with E-state index in [2.05, 4.69) is 26.2 Å². The number of anilines is 1. The number of benzene rings is 2. The van der Waals surface area contributed by atoms with E-state index in [1.165, 1.54) is 6.92 Å².